The van der Waals surface area contributed by atoms with Gasteiger partial charge in [0.15, 0.2) is 0 Å². The van der Waals surface area contributed by atoms with Crippen molar-refractivity contribution in [2.24, 2.45) is 4.99 Å². The molecule has 9 nitrogen and oxygen atoms in total. The van der Waals surface area contributed by atoms with E-state index < -0.39 is 11.9 Å². The summed E-state index contributed by atoms with van der Waals surface area (Å²) in [5.41, 5.74) is 4.66. The Morgan fingerprint density at radius 3 is 2.69 bits per heavy atom. The van der Waals surface area contributed by atoms with Crippen molar-refractivity contribution in [1.82, 2.24) is 15.6 Å². The normalized spacial score (nSPS) is 16.2. The average molecular weight is 390 g/mol. The standard InChI is InChI=1S/C20H18N6O3/c1-12-20(28)26(16-9-4-3-5-10-16)24-18(21-12)19(27)23-15-8-6-7-14(11-15)17-22-13(2)29-25-17/h3-12H,1-2H3,(H,21,24)(H,23,27). The van der Waals surface area contributed by atoms with Crippen LogP contribution in [0.25, 0.3) is 11.4 Å². The minimum absolute atomic E-state index is 0.0433. The van der Waals surface area contributed by atoms with Crippen LogP contribution < -0.4 is 15.8 Å². The highest BCUT2D eigenvalue weighted by molar-refractivity contribution is 6.43. The molecule has 2 aromatic carbocycles. The quantitative estimate of drug-likeness (QED) is 0.707. The molecule has 1 aliphatic rings. The minimum atomic E-state index is -0.689. The van der Waals surface area contributed by atoms with Crippen molar-refractivity contribution in [3.05, 3.63) is 60.5 Å². The molecule has 9 heteroatoms. The maximum absolute atomic E-state index is 12.8. The lowest BCUT2D eigenvalue weighted by Gasteiger charge is -2.30. The number of hydrazine groups is 1. The number of benzene rings is 2. The van der Waals surface area contributed by atoms with Crippen LogP contribution >= 0.6 is 0 Å². The van der Waals surface area contributed by atoms with E-state index in [2.05, 4.69) is 25.9 Å². The van der Waals surface area contributed by atoms with Crippen molar-refractivity contribution in [2.75, 3.05) is 10.3 Å². The van der Waals surface area contributed by atoms with Gasteiger partial charge in [-0.1, -0.05) is 35.5 Å². The summed E-state index contributed by atoms with van der Waals surface area (Å²) in [6.07, 6.45) is 0. The molecule has 2 heterocycles. The van der Waals surface area contributed by atoms with E-state index >= 15 is 0 Å². The largest absolute Gasteiger partial charge is 0.339 e. The van der Waals surface area contributed by atoms with Crippen LogP contribution in [0.1, 0.15) is 12.8 Å². The smallest absolute Gasteiger partial charge is 0.292 e. The zero-order chi connectivity index (χ0) is 20.4. The second-order valence-corrected chi connectivity index (χ2v) is 6.45. The maximum Gasteiger partial charge on any atom is 0.292 e. The molecule has 2 amide bonds. The Morgan fingerprint density at radius 2 is 1.97 bits per heavy atom. The number of carbonyl (C=O) groups is 2. The van der Waals surface area contributed by atoms with Gasteiger partial charge >= 0.3 is 0 Å². The minimum Gasteiger partial charge on any atom is -0.339 e. The summed E-state index contributed by atoms with van der Waals surface area (Å²) in [5.74, 6) is 0.215. The van der Waals surface area contributed by atoms with Crippen LogP contribution in [0.3, 0.4) is 0 Å². The van der Waals surface area contributed by atoms with E-state index in [0.29, 0.717) is 28.7 Å². The van der Waals surface area contributed by atoms with Crippen LogP contribution in [-0.4, -0.2) is 33.8 Å². The van der Waals surface area contributed by atoms with E-state index in [1.54, 1.807) is 44.2 Å². The molecule has 146 valence electrons. The number of hydrogen-bond acceptors (Lipinski definition) is 7. The third kappa shape index (κ3) is 3.84. The zero-order valence-corrected chi connectivity index (χ0v) is 15.8. The molecule has 1 aliphatic heterocycles. The number of aryl methyl sites for hydroxylation is 1. The van der Waals surface area contributed by atoms with Crippen molar-refractivity contribution in [3.8, 4) is 11.4 Å². The molecule has 0 spiro atoms. The molecule has 1 unspecified atom stereocenters. The number of amides is 2. The van der Waals surface area contributed by atoms with Gasteiger partial charge in [0.25, 0.3) is 11.8 Å². The highest BCUT2D eigenvalue weighted by Gasteiger charge is 2.30. The topological polar surface area (TPSA) is 113 Å². The van der Waals surface area contributed by atoms with Gasteiger partial charge in [0.2, 0.25) is 17.6 Å². The number of nitrogens with one attached hydrogen (secondary N) is 2. The first-order chi connectivity index (χ1) is 14.0. The molecular weight excluding hydrogens is 372 g/mol. The second-order valence-electron chi connectivity index (χ2n) is 6.45. The summed E-state index contributed by atoms with van der Waals surface area (Å²) in [6.45, 7) is 3.35. The van der Waals surface area contributed by atoms with Crippen molar-refractivity contribution >= 4 is 29.0 Å². The SMILES string of the molecule is Cc1nc(-c2cccc(NC(=O)C3=NC(C)C(=O)N(c4ccccc4)N3)c2)no1. The molecule has 29 heavy (non-hydrogen) atoms. The van der Waals surface area contributed by atoms with Gasteiger partial charge in [0.05, 0.1) is 5.69 Å². The van der Waals surface area contributed by atoms with E-state index in [-0.39, 0.29) is 11.7 Å². The first kappa shape index (κ1) is 18.4. The summed E-state index contributed by atoms with van der Waals surface area (Å²) in [5, 5.41) is 7.98. The number of para-hydroxylation sites is 1. The van der Waals surface area contributed by atoms with Gasteiger partial charge in [0.1, 0.15) is 6.04 Å². The summed E-state index contributed by atoms with van der Waals surface area (Å²) in [7, 11) is 0. The number of aliphatic imine (C=N–C) groups is 1. The molecule has 4 rings (SSSR count). The van der Waals surface area contributed by atoms with Crippen LogP contribution in [0.2, 0.25) is 0 Å². The summed E-state index contributed by atoms with van der Waals surface area (Å²) >= 11 is 0. The number of amidine groups is 1. The Morgan fingerprint density at radius 1 is 1.17 bits per heavy atom. The third-order valence-corrected chi connectivity index (χ3v) is 4.25. The molecular formula is C20H18N6O3. The lowest BCUT2D eigenvalue weighted by atomic mass is 10.2. The van der Waals surface area contributed by atoms with Crippen LogP contribution in [-0.2, 0) is 9.59 Å². The van der Waals surface area contributed by atoms with Gasteiger partial charge in [-0.25, -0.2) is 10.0 Å². The Hall–Kier alpha value is -4.01. The lowest BCUT2D eigenvalue weighted by Crippen LogP contribution is -2.57. The highest BCUT2D eigenvalue weighted by Crippen LogP contribution is 2.20. The molecule has 0 saturated carbocycles. The van der Waals surface area contributed by atoms with Crippen LogP contribution in [0.15, 0.2) is 64.1 Å². The number of anilines is 2. The summed E-state index contributed by atoms with van der Waals surface area (Å²) < 4.78 is 5.00. The number of nitrogens with zero attached hydrogens (tertiary/aromatic N) is 4. The predicted molar refractivity (Wildman–Crippen MR) is 107 cm³/mol. The fourth-order valence-electron chi connectivity index (χ4n) is 2.85. The Labute approximate surface area is 166 Å². The molecule has 0 bridgehead atoms. The zero-order valence-electron chi connectivity index (χ0n) is 15.8. The van der Waals surface area contributed by atoms with Crippen molar-refractivity contribution in [3.63, 3.8) is 0 Å². The number of hydrogen-bond donors (Lipinski definition) is 2. The van der Waals surface area contributed by atoms with Gasteiger partial charge in [-0.2, -0.15) is 4.98 Å². The monoisotopic (exact) mass is 390 g/mol. The molecule has 2 N–H and O–H groups in total. The summed E-state index contributed by atoms with van der Waals surface area (Å²) in [4.78, 5) is 33.6. The first-order valence-electron chi connectivity index (χ1n) is 8.97. The molecule has 1 atom stereocenters. The lowest BCUT2D eigenvalue weighted by molar-refractivity contribution is -0.120. The van der Waals surface area contributed by atoms with Gasteiger partial charge in [-0.3, -0.25) is 15.0 Å². The highest BCUT2D eigenvalue weighted by atomic mass is 16.5. The van der Waals surface area contributed by atoms with Crippen LogP contribution in [0.5, 0.6) is 0 Å². The van der Waals surface area contributed by atoms with E-state index in [1.165, 1.54) is 5.01 Å². The maximum atomic E-state index is 12.8. The number of carbonyl (C=O) groups excluding carboxylic acids is 2. The predicted octanol–water partition coefficient (Wildman–Crippen LogP) is 2.32. The number of rotatable bonds is 4. The molecule has 3 aromatic rings. The Balaban J connectivity index is 1.54. The fourth-order valence-corrected chi connectivity index (χ4v) is 2.85. The van der Waals surface area contributed by atoms with Crippen molar-refractivity contribution in [2.45, 2.75) is 19.9 Å². The first-order valence-corrected chi connectivity index (χ1v) is 8.97. The fraction of sp³-hybridized carbons (Fsp3) is 0.150. The van der Waals surface area contributed by atoms with E-state index in [0.717, 1.165) is 0 Å². The molecule has 0 aliphatic carbocycles. The van der Waals surface area contributed by atoms with Crippen LogP contribution in [0, 0.1) is 6.92 Å². The van der Waals surface area contributed by atoms with Crippen molar-refractivity contribution in [1.29, 1.82) is 0 Å². The average Bonchev–Trinajstić information content (AvgIpc) is 3.17. The van der Waals surface area contributed by atoms with Gasteiger partial charge in [-0.15, -0.1) is 0 Å². The second kappa shape index (κ2) is 7.55. The van der Waals surface area contributed by atoms with E-state index in [4.69, 9.17) is 4.52 Å². The third-order valence-electron chi connectivity index (χ3n) is 4.25. The van der Waals surface area contributed by atoms with Crippen LogP contribution in [0.4, 0.5) is 11.4 Å². The van der Waals surface area contributed by atoms with Crippen molar-refractivity contribution < 1.29 is 14.1 Å². The molecule has 0 fully saturated rings. The molecule has 0 radical (unpaired) electrons. The Bertz CT molecular complexity index is 1090. The van der Waals surface area contributed by atoms with Gasteiger partial charge in [0, 0.05) is 18.2 Å². The van der Waals surface area contributed by atoms with E-state index in [1.807, 2.05) is 24.3 Å². The van der Waals surface area contributed by atoms with Gasteiger partial charge < -0.3 is 9.84 Å². The number of aromatic nitrogens is 2. The van der Waals surface area contributed by atoms with E-state index in [9.17, 15) is 9.59 Å². The Kier molecular flexibility index (Phi) is 4.78. The summed E-state index contributed by atoms with van der Waals surface area (Å²) in [6, 6.07) is 15.4. The van der Waals surface area contributed by atoms with Gasteiger partial charge in [-0.05, 0) is 31.2 Å². The molecule has 0 saturated heterocycles. The molecule has 1 aromatic heterocycles.